The Morgan fingerprint density at radius 1 is 0.977 bits per heavy atom. The van der Waals surface area contributed by atoms with E-state index in [0.29, 0.717) is 53.2 Å². The number of nitrogens with zero attached hydrogens (tertiary/aromatic N) is 3. The van der Waals surface area contributed by atoms with Crippen LogP contribution in [-0.4, -0.2) is 78.4 Å². The molecular weight excluding hydrogens is 594 g/mol. The standard InChI is InChI=1S/C30H29N3O8S2/c1-3-41-29(37)18-4-8-19(9-5-18)33-26(35)23-22(17-6-10-20(39-2)11-7-17)25-28(42-24(23)27(33)36)32(30(38)43-25)16-21(34)31-12-14-40-15-13-31/h4-11,22-24H,3,12-16H2,1-2H3/t22-,23?,24?/m1/s1. The van der Waals surface area contributed by atoms with Gasteiger partial charge in [0, 0.05) is 23.9 Å². The Morgan fingerprint density at radius 2 is 1.67 bits per heavy atom. The fourth-order valence-corrected chi connectivity index (χ4v) is 8.46. The normalized spacial score (nSPS) is 21.4. The van der Waals surface area contributed by atoms with E-state index in [2.05, 4.69) is 0 Å². The highest BCUT2D eigenvalue weighted by Crippen LogP contribution is 2.54. The second kappa shape index (κ2) is 12.0. The number of fused-ring (bicyclic) bond motifs is 2. The minimum atomic E-state index is -0.824. The van der Waals surface area contributed by atoms with Gasteiger partial charge in [0.2, 0.25) is 17.7 Å². The Kier molecular flexibility index (Phi) is 8.12. The summed E-state index contributed by atoms with van der Waals surface area (Å²) in [6, 6.07) is 13.4. The fraction of sp³-hybridized carbons (Fsp3) is 0.367. The van der Waals surface area contributed by atoms with Gasteiger partial charge in [-0.05, 0) is 48.9 Å². The molecule has 0 N–H and O–H groups in total. The van der Waals surface area contributed by atoms with Gasteiger partial charge >= 0.3 is 10.8 Å². The molecule has 0 saturated carbocycles. The molecule has 2 aromatic carbocycles. The number of benzene rings is 2. The first kappa shape index (κ1) is 29.1. The summed E-state index contributed by atoms with van der Waals surface area (Å²) >= 11 is 2.17. The summed E-state index contributed by atoms with van der Waals surface area (Å²) in [5.74, 6) is -2.26. The van der Waals surface area contributed by atoms with Crippen LogP contribution in [0.1, 0.15) is 33.6 Å². The first-order chi connectivity index (χ1) is 20.8. The number of esters is 1. The van der Waals surface area contributed by atoms with Crippen LogP contribution >= 0.6 is 23.1 Å². The molecule has 0 aliphatic carbocycles. The second-order valence-corrected chi connectivity index (χ2v) is 12.3. The quantitative estimate of drug-likeness (QED) is 0.289. The second-order valence-electron chi connectivity index (χ2n) is 10.2. The van der Waals surface area contributed by atoms with E-state index in [1.54, 1.807) is 43.2 Å². The molecule has 0 spiro atoms. The molecule has 3 amide bonds. The lowest BCUT2D eigenvalue weighted by molar-refractivity contribution is -0.136. The molecule has 2 fully saturated rings. The zero-order valence-electron chi connectivity index (χ0n) is 23.5. The summed E-state index contributed by atoms with van der Waals surface area (Å²) in [4.78, 5) is 69.8. The van der Waals surface area contributed by atoms with Crippen LogP contribution < -0.4 is 14.5 Å². The number of thioether (sulfide) groups is 1. The summed E-state index contributed by atoms with van der Waals surface area (Å²) < 4.78 is 17.2. The van der Waals surface area contributed by atoms with Gasteiger partial charge in [-0.1, -0.05) is 35.2 Å². The van der Waals surface area contributed by atoms with Crippen LogP contribution in [0.3, 0.4) is 0 Å². The van der Waals surface area contributed by atoms with E-state index in [1.807, 2.05) is 12.1 Å². The maximum Gasteiger partial charge on any atom is 0.338 e. The molecule has 3 atom stereocenters. The van der Waals surface area contributed by atoms with Crippen molar-refractivity contribution in [3.05, 3.63) is 74.2 Å². The van der Waals surface area contributed by atoms with Crippen LogP contribution in [0.25, 0.3) is 0 Å². The number of morpholine rings is 1. The van der Waals surface area contributed by atoms with E-state index in [9.17, 15) is 24.0 Å². The highest BCUT2D eigenvalue weighted by Gasteiger charge is 2.56. The van der Waals surface area contributed by atoms with Gasteiger partial charge in [-0.3, -0.25) is 23.7 Å². The zero-order valence-corrected chi connectivity index (χ0v) is 25.2. The molecule has 3 aliphatic rings. The Labute approximate surface area is 255 Å². The molecule has 0 radical (unpaired) electrons. The van der Waals surface area contributed by atoms with Crippen molar-refractivity contribution in [1.29, 1.82) is 0 Å². The van der Waals surface area contributed by atoms with E-state index in [-0.39, 0.29) is 23.9 Å². The number of carbonyl (C=O) groups is 4. The molecule has 13 heteroatoms. The van der Waals surface area contributed by atoms with Crippen LogP contribution in [0, 0.1) is 5.92 Å². The predicted molar refractivity (Wildman–Crippen MR) is 159 cm³/mol. The number of imide groups is 1. The number of amides is 3. The lowest BCUT2D eigenvalue weighted by Crippen LogP contribution is -2.43. The third-order valence-corrected chi connectivity index (χ3v) is 10.4. The highest BCUT2D eigenvalue weighted by molar-refractivity contribution is 8.00. The smallest absolute Gasteiger partial charge is 0.338 e. The molecular formula is C30H29N3O8S2. The van der Waals surface area contributed by atoms with Crippen molar-refractivity contribution >= 4 is 52.5 Å². The summed E-state index contributed by atoms with van der Waals surface area (Å²) in [6.45, 7) is 3.55. The monoisotopic (exact) mass is 623 g/mol. The minimum absolute atomic E-state index is 0.161. The van der Waals surface area contributed by atoms with Crippen LogP contribution in [0.2, 0.25) is 0 Å². The fourth-order valence-electron chi connectivity index (χ4n) is 5.69. The summed E-state index contributed by atoms with van der Waals surface area (Å²) in [5.41, 5.74) is 1.41. The van der Waals surface area contributed by atoms with Crippen LogP contribution in [0.4, 0.5) is 5.69 Å². The lowest BCUT2D eigenvalue weighted by atomic mass is 9.83. The van der Waals surface area contributed by atoms with Crippen molar-refractivity contribution in [3.63, 3.8) is 0 Å². The van der Waals surface area contributed by atoms with Crippen molar-refractivity contribution in [2.24, 2.45) is 5.92 Å². The number of hydrogen-bond donors (Lipinski definition) is 0. The molecule has 4 heterocycles. The lowest BCUT2D eigenvalue weighted by Gasteiger charge is -2.31. The van der Waals surface area contributed by atoms with E-state index in [1.165, 1.54) is 16.7 Å². The summed E-state index contributed by atoms with van der Waals surface area (Å²) in [7, 11) is 1.56. The van der Waals surface area contributed by atoms with Crippen molar-refractivity contribution < 1.29 is 33.4 Å². The highest BCUT2D eigenvalue weighted by atomic mass is 32.2. The number of anilines is 1. The predicted octanol–water partition coefficient (Wildman–Crippen LogP) is 2.75. The third kappa shape index (κ3) is 5.25. The Balaban J connectivity index is 1.39. The number of aromatic nitrogens is 1. The van der Waals surface area contributed by atoms with Crippen molar-refractivity contribution in [2.45, 2.75) is 29.7 Å². The SMILES string of the molecule is CCOC(=O)c1ccc(N2C(=O)C3Sc4c(sc(=O)n4CC(=O)N4CCOCC4)[C@H](c4ccc(OC)cc4)C3C2=O)cc1. The third-order valence-electron chi connectivity index (χ3n) is 7.82. The molecule has 0 bridgehead atoms. The van der Waals surface area contributed by atoms with E-state index in [0.717, 1.165) is 33.6 Å². The molecule has 2 unspecified atom stereocenters. The first-order valence-corrected chi connectivity index (χ1v) is 15.6. The summed E-state index contributed by atoms with van der Waals surface area (Å²) in [5, 5.41) is -0.296. The topological polar surface area (TPSA) is 124 Å². The maximum atomic E-state index is 14.1. The van der Waals surface area contributed by atoms with Crippen molar-refractivity contribution in [2.75, 3.05) is 44.9 Å². The van der Waals surface area contributed by atoms with Crippen LogP contribution in [-0.2, 0) is 30.4 Å². The Hall–Kier alpha value is -3.94. The molecule has 224 valence electrons. The van der Waals surface area contributed by atoms with E-state index >= 15 is 0 Å². The molecule has 43 heavy (non-hydrogen) atoms. The van der Waals surface area contributed by atoms with E-state index in [4.69, 9.17) is 14.2 Å². The number of rotatable bonds is 7. The Morgan fingerprint density at radius 3 is 2.33 bits per heavy atom. The van der Waals surface area contributed by atoms with Crippen LogP contribution in [0.5, 0.6) is 5.75 Å². The molecule has 3 aromatic rings. The van der Waals surface area contributed by atoms with Gasteiger partial charge in [0.25, 0.3) is 0 Å². The van der Waals surface area contributed by atoms with Gasteiger partial charge in [-0.15, -0.1) is 0 Å². The summed E-state index contributed by atoms with van der Waals surface area (Å²) in [6.07, 6.45) is 0. The number of thiazole rings is 1. The van der Waals surface area contributed by atoms with Gasteiger partial charge < -0.3 is 19.1 Å². The molecule has 11 nitrogen and oxygen atoms in total. The number of ether oxygens (including phenoxy) is 3. The maximum absolute atomic E-state index is 14.1. The van der Waals surface area contributed by atoms with Crippen molar-refractivity contribution in [1.82, 2.24) is 9.47 Å². The zero-order chi connectivity index (χ0) is 30.2. The average Bonchev–Trinajstić information content (AvgIpc) is 3.47. The largest absolute Gasteiger partial charge is 0.497 e. The average molecular weight is 624 g/mol. The minimum Gasteiger partial charge on any atom is -0.497 e. The van der Waals surface area contributed by atoms with Crippen LogP contribution in [0.15, 0.2) is 58.4 Å². The van der Waals surface area contributed by atoms with Gasteiger partial charge in [0.1, 0.15) is 17.5 Å². The molecule has 6 rings (SSSR count). The number of methoxy groups -OCH3 is 1. The number of carbonyl (C=O) groups excluding carboxylic acids is 4. The van der Waals surface area contributed by atoms with Gasteiger partial charge in [-0.2, -0.15) is 0 Å². The Bertz CT molecular complexity index is 1630. The van der Waals surface area contributed by atoms with E-state index < -0.39 is 34.9 Å². The van der Waals surface area contributed by atoms with Gasteiger partial charge in [0.05, 0.1) is 49.1 Å². The van der Waals surface area contributed by atoms with Crippen molar-refractivity contribution in [3.8, 4) is 5.75 Å². The number of hydrogen-bond acceptors (Lipinski definition) is 10. The molecule has 1 aromatic heterocycles. The molecule has 2 saturated heterocycles. The van der Waals surface area contributed by atoms with Gasteiger partial charge in [-0.25, -0.2) is 9.69 Å². The van der Waals surface area contributed by atoms with Gasteiger partial charge in [0.15, 0.2) is 0 Å². The molecule has 3 aliphatic heterocycles. The first-order valence-electron chi connectivity index (χ1n) is 13.9.